The minimum Gasteiger partial charge on any atom is -0.382 e. The lowest BCUT2D eigenvalue weighted by molar-refractivity contribution is 0.0923. The molecule has 8 rings (SSSR count). The van der Waals surface area contributed by atoms with Crippen molar-refractivity contribution in [1.82, 2.24) is 55.4 Å². The van der Waals surface area contributed by atoms with Gasteiger partial charge in [0.05, 0.1) is 6.07 Å². The summed E-state index contributed by atoms with van der Waals surface area (Å²) >= 11 is 0. The predicted molar refractivity (Wildman–Crippen MR) is 294 cm³/mol. The molecule has 6 aromatic rings. The standard InChI is InChI=1S/C22H26N6O4S.C17H21N5O.C6H15N.C5H6ClNO3S.C2H3N/c1-15-19(16(2)32-27-15)33(30,31)28-12-8-22(9-13-28,17-6-4-3-5-7-17)14-26-21(29)18-20(23)25-11-10-24-18;18-15-14(20-10-11-21-15)16(23)22-12-17(6-8-19-9-7-17)13-4-2-1-3-5-13;1-4-7(5-2)6-3;1-3-5(11(6,8)9)4(2)10-7-3;1-2-3/h3-7,10-11H,8-9,12-14H2,1-2H3,(H2,23,25)(H,26,29);1-5,10-11,19H,6-9,12H2,(H2,18,21)(H,22,23);4-6H2,1-3H3;1-2H3;1H3. The number of nitrogen functional groups attached to an aromatic ring is 2. The Balaban J connectivity index is 0.000000250. The van der Waals surface area contributed by atoms with Crippen LogP contribution in [0.3, 0.4) is 0 Å². The van der Waals surface area contributed by atoms with Crippen molar-refractivity contribution in [2.45, 2.75) is 102 Å². The molecule has 22 nitrogen and oxygen atoms in total. The summed E-state index contributed by atoms with van der Waals surface area (Å²) in [5, 5.41) is 23.9. The van der Waals surface area contributed by atoms with Gasteiger partial charge in [0.15, 0.2) is 34.5 Å². The summed E-state index contributed by atoms with van der Waals surface area (Å²) in [6, 6.07) is 21.9. The Hall–Kier alpha value is -6.88. The summed E-state index contributed by atoms with van der Waals surface area (Å²) in [6.07, 6.45) is 8.79. The molecule has 4 aromatic heterocycles. The summed E-state index contributed by atoms with van der Waals surface area (Å²) < 4.78 is 59.3. The second-order valence-corrected chi connectivity index (χ2v) is 22.4. The molecule has 2 fully saturated rings. The van der Waals surface area contributed by atoms with Gasteiger partial charge in [-0.25, -0.2) is 36.8 Å². The van der Waals surface area contributed by atoms with Crippen LogP contribution in [-0.4, -0.2) is 127 Å². The summed E-state index contributed by atoms with van der Waals surface area (Å²) in [4.78, 5) is 43.4. The number of nitrogens with zero attached hydrogens (tertiary/aromatic N) is 9. The number of nitrogens with one attached hydrogen (secondary N) is 3. The van der Waals surface area contributed by atoms with E-state index in [4.69, 9.17) is 31.9 Å². The number of nitrogens with two attached hydrogens (primary N) is 2. The summed E-state index contributed by atoms with van der Waals surface area (Å²) in [5.74, 6) is 0.0260. The largest absolute Gasteiger partial charge is 0.382 e. The zero-order valence-corrected chi connectivity index (χ0v) is 47.3. The van der Waals surface area contributed by atoms with Crippen LogP contribution in [0, 0.1) is 39.0 Å². The number of rotatable bonds is 14. The molecule has 0 bridgehead atoms. The molecule has 2 saturated heterocycles. The summed E-state index contributed by atoms with van der Waals surface area (Å²) in [6.45, 7) is 21.1. The Morgan fingerprint density at radius 3 is 1.39 bits per heavy atom. The number of carbonyl (C=O) groups excluding carboxylic acids is 2. The molecule has 416 valence electrons. The smallest absolute Gasteiger partial charge is 0.273 e. The lowest BCUT2D eigenvalue weighted by Crippen LogP contribution is -2.50. The fourth-order valence-electron chi connectivity index (χ4n) is 8.96. The highest BCUT2D eigenvalue weighted by atomic mass is 35.7. The molecule has 77 heavy (non-hydrogen) atoms. The van der Waals surface area contributed by atoms with Gasteiger partial charge in [0.25, 0.3) is 20.9 Å². The number of hydrogen-bond acceptors (Lipinski definition) is 19. The summed E-state index contributed by atoms with van der Waals surface area (Å²) in [7, 11) is -2.36. The summed E-state index contributed by atoms with van der Waals surface area (Å²) in [5.41, 5.74) is 14.2. The SMILES string of the molecule is CC#N.CCN(CC)CC.Cc1noc(C)c1S(=O)(=O)Cl.Cc1noc(C)c1S(=O)(=O)N1CCC(CNC(=O)c2nccnc2N)(c2ccccc2)CC1.Nc1nccnc1C(=O)NCC1(c2ccccc2)CCNCC1. The highest BCUT2D eigenvalue weighted by Crippen LogP contribution is 2.38. The number of hydrogen-bond donors (Lipinski definition) is 5. The van der Waals surface area contributed by atoms with Gasteiger partial charge in [0.2, 0.25) is 10.0 Å². The molecule has 2 aliphatic heterocycles. The van der Waals surface area contributed by atoms with E-state index in [1.807, 2.05) is 48.5 Å². The number of piperidine rings is 2. The molecule has 0 atom stereocenters. The first-order chi connectivity index (χ1) is 36.6. The van der Waals surface area contributed by atoms with Gasteiger partial charge in [0, 0.05) is 79.4 Å². The Morgan fingerprint density at radius 2 is 1.06 bits per heavy atom. The first-order valence-electron chi connectivity index (χ1n) is 25.0. The minimum atomic E-state index is -3.74. The van der Waals surface area contributed by atoms with Gasteiger partial charge in [0.1, 0.15) is 21.2 Å². The number of aryl methyl sites for hydroxylation is 4. The average Bonchev–Trinajstić information content (AvgIpc) is 3.99. The molecule has 0 spiro atoms. The van der Waals surface area contributed by atoms with E-state index in [1.54, 1.807) is 19.9 Å². The van der Waals surface area contributed by atoms with Crippen LogP contribution in [0.15, 0.2) is 104 Å². The Morgan fingerprint density at radius 1 is 0.688 bits per heavy atom. The van der Waals surface area contributed by atoms with E-state index in [0.717, 1.165) is 31.5 Å². The lowest BCUT2D eigenvalue weighted by atomic mass is 9.73. The third kappa shape index (κ3) is 17.1. The fourth-order valence-corrected chi connectivity index (χ4v) is 12.1. The normalized spacial score (nSPS) is 14.8. The van der Waals surface area contributed by atoms with Crippen LogP contribution in [0.4, 0.5) is 11.6 Å². The van der Waals surface area contributed by atoms with Crippen molar-refractivity contribution < 1.29 is 35.5 Å². The number of halogens is 1. The average molecular weight is 1120 g/mol. The van der Waals surface area contributed by atoms with Gasteiger partial charge >= 0.3 is 0 Å². The third-order valence-corrected chi connectivity index (χ3v) is 16.9. The number of nitriles is 1. The van der Waals surface area contributed by atoms with E-state index >= 15 is 0 Å². The van der Waals surface area contributed by atoms with Crippen LogP contribution in [0.5, 0.6) is 0 Å². The third-order valence-electron chi connectivity index (χ3n) is 13.2. The highest BCUT2D eigenvalue weighted by molar-refractivity contribution is 8.13. The minimum absolute atomic E-state index is 0.0285. The Labute approximate surface area is 456 Å². The zero-order valence-electron chi connectivity index (χ0n) is 44.9. The van der Waals surface area contributed by atoms with Gasteiger partial charge in [-0.2, -0.15) is 9.57 Å². The zero-order chi connectivity index (χ0) is 56.8. The molecule has 0 saturated carbocycles. The topological polar surface area (TPSA) is 324 Å². The molecule has 25 heteroatoms. The van der Waals surface area contributed by atoms with Crippen LogP contribution in [0.25, 0.3) is 0 Å². The van der Waals surface area contributed by atoms with Crippen LogP contribution >= 0.6 is 10.7 Å². The van der Waals surface area contributed by atoms with Crippen LogP contribution < -0.4 is 27.4 Å². The number of amides is 2. The maximum Gasteiger partial charge on any atom is 0.273 e. The number of carbonyl (C=O) groups is 2. The first kappa shape index (κ1) is 62.7. The van der Waals surface area contributed by atoms with Gasteiger partial charge in [-0.3, -0.25) is 9.59 Å². The number of benzene rings is 2. The van der Waals surface area contributed by atoms with Crippen molar-refractivity contribution in [1.29, 1.82) is 5.26 Å². The van der Waals surface area contributed by atoms with Crippen LogP contribution in [0.2, 0.25) is 0 Å². The predicted octanol–water partition coefficient (Wildman–Crippen LogP) is 6.02. The Bertz CT molecular complexity index is 3040. The molecular weight excluding hydrogens is 1050 g/mol. The van der Waals surface area contributed by atoms with Crippen molar-refractivity contribution in [2.24, 2.45) is 0 Å². The molecule has 2 amide bonds. The van der Waals surface area contributed by atoms with Crippen molar-refractivity contribution in [3.63, 3.8) is 0 Å². The number of sulfonamides is 1. The molecule has 2 aromatic carbocycles. The Kier molecular flexibility index (Phi) is 24.1. The highest BCUT2D eigenvalue weighted by Gasteiger charge is 2.42. The molecule has 2 aliphatic rings. The molecule has 6 heterocycles. The van der Waals surface area contributed by atoms with E-state index in [2.05, 4.69) is 88.5 Å². The second-order valence-electron chi connectivity index (χ2n) is 18.0. The van der Waals surface area contributed by atoms with E-state index in [0.29, 0.717) is 44.7 Å². The van der Waals surface area contributed by atoms with Gasteiger partial charge in [-0.05, 0) is 97.2 Å². The fraction of sp³-hybridized carbons (Fsp3) is 0.442. The first-order valence-corrected chi connectivity index (χ1v) is 28.7. The molecule has 0 radical (unpaired) electrons. The van der Waals surface area contributed by atoms with E-state index in [1.165, 1.54) is 75.1 Å². The van der Waals surface area contributed by atoms with Gasteiger partial charge < -0.3 is 41.4 Å². The number of anilines is 2. The van der Waals surface area contributed by atoms with Crippen molar-refractivity contribution in [3.05, 3.63) is 131 Å². The molecule has 0 unspecified atom stereocenters. The molecular formula is C52H71ClN14O8S2. The monoisotopic (exact) mass is 1120 g/mol. The maximum atomic E-state index is 13.3. The molecule has 7 N–H and O–H groups in total. The van der Waals surface area contributed by atoms with E-state index in [9.17, 15) is 26.4 Å². The van der Waals surface area contributed by atoms with Crippen molar-refractivity contribution >= 4 is 53.2 Å². The van der Waals surface area contributed by atoms with Gasteiger partial charge in [-0.1, -0.05) is 91.7 Å². The lowest BCUT2D eigenvalue weighted by Gasteiger charge is -2.41. The quantitative estimate of drug-likeness (QED) is 0.0778. The van der Waals surface area contributed by atoms with Crippen molar-refractivity contribution in [2.75, 3.05) is 70.4 Å². The van der Waals surface area contributed by atoms with E-state index in [-0.39, 0.29) is 61.4 Å². The maximum absolute atomic E-state index is 13.3. The van der Waals surface area contributed by atoms with E-state index < -0.39 is 30.4 Å². The second kappa shape index (κ2) is 29.6. The van der Waals surface area contributed by atoms with Crippen LogP contribution in [0.1, 0.15) is 108 Å². The van der Waals surface area contributed by atoms with Crippen molar-refractivity contribution in [3.8, 4) is 6.07 Å². The number of aromatic nitrogens is 6. The molecule has 0 aliphatic carbocycles. The van der Waals surface area contributed by atoms with Gasteiger partial charge in [-0.15, -0.1) is 0 Å². The van der Waals surface area contributed by atoms with Crippen LogP contribution in [-0.2, 0) is 29.9 Å².